The van der Waals surface area contributed by atoms with E-state index in [1.54, 1.807) is 19.0 Å². The lowest BCUT2D eigenvalue weighted by Crippen LogP contribution is -2.47. The molecule has 2 N–H and O–H groups in total. The van der Waals surface area contributed by atoms with Crippen molar-refractivity contribution in [2.24, 2.45) is 0 Å². The van der Waals surface area contributed by atoms with Crippen LogP contribution in [0.25, 0.3) is 0 Å². The monoisotopic (exact) mass is 198 g/mol. The van der Waals surface area contributed by atoms with Crippen LogP contribution in [0.2, 0.25) is 0 Å². The molecule has 5 nitrogen and oxygen atoms in total. The molecule has 1 heterocycles. The van der Waals surface area contributed by atoms with Gasteiger partial charge in [0.2, 0.25) is 0 Å². The fourth-order valence-corrected chi connectivity index (χ4v) is 1.65. The highest BCUT2D eigenvalue weighted by Gasteiger charge is 2.23. The number of carbonyl (C=O) groups is 1. The molecule has 0 unspecified atom stereocenters. The predicted octanol–water partition coefficient (Wildman–Crippen LogP) is 0.329. The number of rotatable bonds is 2. The number of piperidine rings is 1. The first-order chi connectivity index (χ1) is 6.66. The lowest BCUT2D eigenvalue weighted by atomic mass is 10.1. The van der Waals surface area contributed by atoms with Crippen molar-refractivity contribution in [3.05, 3.63) is 0 Å². The second-order valence-electron chi connectivity index (χ2n) is 3.61. The molecular weight excluding hydrogens is 180 g/mol. The van der Waals surface area contributed by atoms with E-state index in [0.29, 0.717) is 6.04 Å². The maximum atomic E-state index is 11.7. The molecule has 0 bridgehead atoms. The van der Waals surface area contributed by atoms with Gasteiger partial charge in [-0.1, -0.05) is 0 Å². The third-order valence-corrected chi connectivity index (χ3v) is 2.65. The molecule has 80 valence electrons. The van der Waals surface area contributed by atoms with Crippen LogP contribution in [0.5, 0.6) is 0 Å². The highest BCUT2D eigenvalue weighted by Crippen LogP contribution is 2.10. The summed E-state index contributed by atoms with van der Waals surface area (Å²) in [5.74, 6) is 0. The highest BCUT2D eigenvalue weighted by atomic mass is 16.2. The van der Waals surface area contributed by atoms with Gasteiger partial charge in [-0.05, 0) is 25.9 Å². The lowest BCUT2D eigenvalue weighted by molar-refractivity contribution is 0.162. The molecule has 2 amide bonds. The molecule has 0 spiro atoms. The molecule has 14 heavy (non-hydrogen) atoms. The first-order valence-electron chi connectivity index (χ1n) is 4.87. The van der Waals surface area contributed by atoms with Crippen molar-refractivity contribution >= 4 is 12.4 Å². The first kappa shape index (κ1) is 11.0. The molecule has 1 aliphatic heterocycles. The fourth-order valence-electron chi connectivity index (χ4n) is 1.65. The Morgan fingerprint density at radius 3 is 2.50 bits per heavy atom. The van der Waals surface area contributed by atoms with Crippen LogP contribution in [-0.2, 0) is 0 Å². The Hall–Kier alpha value is -1.10. The Balaban J connectivity index is 2.49. The van der Waals surface area contributed by atoms with Crippen molar-refractivity contribution in [1.29, 1.82) is 5.41 Å². The third kappa shape index (κ3) is 2.45. The molecule has 0 aromatic carbocycles. The predicted molar refractivity (Wildman–Crippen MR) is 55.6 cm³/mol. The number of hydrogen-bond acceptors (Lipinski definition) is 3. The average Bonchev–Trinajstić information content (AvgIpc) is 2.27. The number of amides is 2. The van der Waals surface area contributed by atoms with E-state index in [-0.39, 0.29) is 6.03 Å². The Kier molecular flexibility index (Phi) is 3.88. The second-order valence-corrected chi connectivity index (χ2v) is 3.61. The van der Waals surface area contributed by atoms with E-state index in [1.807, 2.05) is 0 Å². The standard InChI is InChI=1S/C9H18N4O/c1-12(7-10)9(14)13(2)8-3-5-11-6-4-8/h7-8,10-11H,3-6H2,1-2H3. The van der Waals surface area contributed by atoms with Gasteiger partial charge in [0.05, 0.1) is 6.34 Å². The number of urea groups is 1. The van der Waals surface area contributed by atoms with Gasteiger partial charge >= 0.3 is 6.03 Å². The summed E-state index contributed by atoms with van der Waals surface area (Å²) in [5, 5.41) is 10.2. The topological polar surface area (TPSA) is 59.4 Å². The summed E-state index contributed by atoms with van der Waals surface area (Å²) < 4.78 is 0. The maximum Gasteiger partial charge on any atom is 0.324 e. The zero-order chi connectivity index (χ0) is 10.6. The molecule has 5 heteroatoms. The highest BCUT2D eigenvalue weighted by molar-refractivity contribution is 5.85. The summed E-state index contributed by atoms with van der Waals surface area (Å²) in [7, 11) is 3.41. The van der Waals surface area contributed by atoms with Crippen LogP contribution >= 0.6 is 0 Å². The van der Waals surface area contributed by atoms with Crippen LogP contribution < -0.4 is 5.32 Å². The van der Waals surface area contributed by atoms with E-state index in [9.17, 15) is 4.79 Å². The minimum atomic E-state index is -0.105. The summed E-state index contributed by atoms with van der Waals surface area (Å²) in [6.07, 6.45) is 3.03. The molecule has 0 aliphatic carbocycles. The van der Waals surface area contributed by atoms with Crippen LogP contribution in [0.3, 0.4) is 0 Å². The normalized spacial score (nSPS) is 17.6. The molecule has 1 aliphatic rings. The minimum absolute atomic E-state index is 0.105. The van der Waals surface area contributed by atoms with Crippen molar-refractivity contribution < 1.29 is 4.79 Å². The van der Waals surface area contributed by atoms with E-state index < -0.39 is 0 Å². The zero-order valence-corrected chi connectivity index (χ0v) is 8.79. The third-order valence-electron chi connectivity index (χ3n) is 2.65. The maximum absolute atomic E-state index is 11.7. The van der Waals surface area contributed by atoms with Gasteiger partial charge in [0, 0.05) is 20.1 Å². The molecular formula is C9H18N4O. The van der Waals surface area contributed by atoms with Crippen LogP contribution in [0.4, 0.5) is 4.79 Å². The van der Waals surface area contributed by atoms with Crippen molar-refractivity contribution in [1.82, 2.24) is 15.1 Å². The van der Waals surface area contributed by atoms with E-state index in [0.717, 1.165) is 32.3 Å². The summed E-state index contributed by atoms with van der Waals surface area (Å²) >= 11 is 0. The van der Waals surface area contributed by atoms with E-state index >= 15 is 0 Å². The van der Waals surface area contributed by atoms with Gasteiger partial charge in [0.1, 0.15) is 0 Å². The number of nitrogens with zero attached hydrogens (tertiary/aromatic N) is 2. The van der Waals surface area contributed by atoms with Gasteiger partial charge in [-0.2, -0.15) is 0 Å². The van der Waals surface area contributed by atoms with Crippen LogP contribution in [-0.4, -0.2) is 55.4 Å². The number of hydrogen-bond donors (Lipinski definition) is 2. The largest absolute Gasteiger partial charge is 0.324 e. The fraction of sp³-hybridized carbons (Fsp3) is 0.778. The second kappa shape index (κ2) is 4.95. The lowest BCUT2D eigenvalue weighted by Gasteiger charge is -2.33. The zero-order valence-electron chi connectivity index (χ0n) is 8.79. The number of carbonyl (C=O) groups excluding carboxylic acids is 1. The minimum Gasteiger partial charge on any atom is -0.324 e. The molecule has 1 fully saturated rings. The molecule has 1 saturated heterocycles. The quantitative estimate of drug-likeness (QED) is 0.496. The molecule has 0 saturated carbocycles. The summed E-state index contributed by atoms with van der Waals surface area (Å²) in [6.45, 7) is 1.94. The van der Waals surface area contributed by atoms with Crippen molar-refractivity contribution in [3.63, 3.8) is 0 Å². The van der Waals surface area contributed by atoms with Crippen molar-refractivity contribution in [2.45, 2.75) is 18.9 Å². The smallest absolute Gasteiger partial charge is 0.324 e. The van der Waals surface area contributed by atoms with Gasteiger partial charge in [0.15, 0.2) is 0 Å². The molecule has 1 rings (SSSR count). The van der Waals surface area contributed by atoms with E-state index in [4.69, 9.17) is 5.41 Å². The SMILES string of the molecule is CN(C=N)C(=O)N(C)C1CCNCC1. The Morgan fingerprint density at radius 1 is 1.43 bits per heavy atom. The Morgan fingerprint density at radius 2 is 2.00 bits per heavy atom. The first-order valence-corrected chi connectivity index (χ1v) is 4.87. The van der Waals surface area contributed by atoms with Crippen molar-refractivity contribution in [2.75, 3.05) is 27.2 Å². The summed E-state index contributed by atoms with van der Waals surface area (Å²) in [5.41, 5.74) is 0. The summed E-state index contributed by atoms with van der Waals surface area (Å²) in [6, 6.07) is 0.207. The van der Waals surface area contributed by atoms with E-state index in [2.05, 4.69) is 5.32 Å². The van der Waals surface area contributed by atoms with Crippen LogP contribution in [0.1, 0.15) is 12.8 Å². The van der Waals surface area contributed by atoms with Gasteiger partial charge in [-0.25, -0.2) is 4.79 Å². The molecule has 0 aromatic heterocycles. The molecule has 0 aromatic rings. The van der Waals surface area contributed by atoms with Gasteiger partial charge < -0.3 is 10.2 Å². The van der Waals surface area contributed by atoms with Gasteiger partial charge in [-0.3, -0.25) is 10.3 Å². The van der Waals surface area contributed by atoms with Gasteiger partial charge in [0.25, 0.3) is 0 Å². The van der Waals surface area contributed by atoms with Gasteiger partial charge in [-0.15, -0.1) is 0 Å². The van der Waals surface area contributed by atoms with Crippen LogP contribution in [0.15, 0.2) is 0 Å². The van der Waals surface area contributed by atoms with Crippen molar-refractivity contribution in [3.8, 4) is 0 Å². The average molecular weight is 198 g/mol. The van der Waals surface area contributed by atoms with Crippen LogP contribution in [0, 0.1) is 5.41 Å². The molecule has 0 radical (unpaired) electrons. The number of nitrogens with one attached hydrogen (secondary N) is 2. The van der Waals surface area contributed by atoms with E-state index in [1.165, 1.54) is 4.90 Å². The summed E-state index contributed by atoms with van der Waals surface area (Å²) in [4.78, 5) is 14.7. The molecule has 0 atom stereocenters. The Labute approximate surface area is 84.6 Å². The Bertz CT molecular complexity index is 213.